The molecule has 20 heavy (non-hydrogen) atoms. The van der Waals surface area contributed by atoms with Crippen molar-refractivity contribution in [2.45, 2.75) is 38.4 Å². The fraction of sp³-hybridized carbons (Fsp3) is 0.533. The van der Waals surface area contributed by atoms with Crippen LogP contribution in [0.4, 0.5) is 0 Å². The van der Waals surface area contributed by atoms with E-state index in [1.807, 2.05) is 25.1 Å². The van der Waals surface area contributed by atoms with Crippen LogP contribution >= 0.6 is 0 Å². The van der Waals surface area contributed by atoms with Gasteiger partial charge in [-0.15, -0.1) is 0 Å². The molecule has 5 heteroatoms. The SMILES string of the molecule is COc1ccc(CNC(C)C(=O)NC2CC2)cc1OC. The molecule has 1 aliphatic carbocycles. The first kappa shape index (κ1) is 14.7. The van der Waals surface area contributed by atoms with Gasteiger partial charge in [-0.3, -0.25) is 4.79 Å². The summed E-state index contributed by atoms with van der Waals surface area (Å²) in [7, 11) is 3.22. The first-order valence-corrected chi connectivity index (χ1v) is 6.88. The Bertz CT molecular complexity index is 472. The minimum Gasteiger partial charge on any atom is -0.493 e. The van der Waals surface area contributed by atoms with Crippen LogP contribution in [-0.2, 0) is 11.3 Å². The van der Waals surface area contributed by atoms with Gasteiger partial charge in [0.05, 0.1) is 20.3 Å². The van der Waals surface area contributed by atoms with Gasteiger partial charge in [-0.2, -0.15) is 0 Å². The molecule has 1 aromatic carbocycles. The Kier molecular flexibility index (Phi) is 4.84. The number of methoxy groups -OCH3 is 2. The molecular formula is C15H22N2O3. The van der Waals surface area contributed by atoms with E-state index in [-0.39, 0.29) is 11.9 Å². The summed E-state index contributed by atoms with van der Waals surface area (Å²) in [5.74, 6) is 1.46. The molecule has 5 nitrogen and oxygen atoms in total. The van der Waals surface area contributed by atoms with E-state index in [0.29, 0.717) is 24.1 Å². The molecule has 0 spiro atoms. The Morgan fingerprint density at radius 3 is 2.60 bits per heavy atom. The fourth-order valence-electron chi connectivity index (χ4n) is 1.91. The summed E-state index contributed by atoms with van der Waals surface area (Å²) in [6, 6.07) is 5.93. The van der Waals surface area contributed by atoms with Crippen molar-refractivity contribution in [2.75, 3.05) is 14.2 Å². The minimum absolute atomic E-state index is 0.0629. The van der Waals surface area contributed by atoms with Gasteiger partial charge in [0.25, 0.3) is 0 Å². The lowest BCUT2D eigenvalue weighted by Gasteiger charge is -2.15. The smallest absolute Gasteiger partial charge is 0.237 e. The lowest BCUT2D eigenvalue weighted by molar-refractivity contribution is -0.122. The summed E-state index contributed by atoms with van der Waals surface area (Å²) in [4.78, 5) is 11.8. The van der Waals surface area contributed by atoms with E-state index in [1.54, 1.807) is 14.2 Å². The van der Waals surface area contributed by atoms with Gasteiger partial charge in [0.2, 0.25) is 5.91 Å². The maximum atomic E-state index is 11.8. The van der Waals surface area contributed by atoms with Crippen LogP contribution in [0.15, 0.2) is 18.2 Å². The van der Waals surface area contributed by atoms with Crippen LogP contribution in [0.3, 0.4) is 0 Å². The molecule has 1 amide bonds. The third kappa shape index (κ3) is 3.87. The molecule has 2 rings (SSSR count). The van der Waals surface area contributed by atoms with Crippen molar-refractivity contribution in [3.63, 3.8) is 0 Å². The third-order valence-electron chi connectivity index (χ3n) is 3.38. The van der Waals surface area contributed by atoms with Crippen LogP contribution in [0.1, 0.15) is 25.3 Å². The van der Waals surface area contributed by atoms with Crippen LogP contribution in [-0.4, -0.2) is 32.2 Å². The van der Waals surface area contributed by atoms with Gasteiger partial charge in [0.1, 0.15) is 0 Å². The van der Waals surface area contributed by atoms with Gasteiger partial charge >= 0.3 is 0 Å². The zero-order valence-electron chi connectivity index (χ0n) is 12.2. The third-order valence-corrected chi connectivity index (χ3v) is 3.38. The number of carbonyl (C=O) groups excluding carboxylic acids is 1. The van der Waals surface area contributed by atoms with E-state index < -0.39 is 0 Å². The van der Waals surface area contributed by atoms with Gasteiger partial charge in [-0.05, 0) is 37.5 Å². The molecule has 1 atom stereocenters. The molecule has 0 aromatic heterocycles. The molecule has 2 N–H and O–H groups in total. The molecule has 0 bridgehead atoms. The second kappa shape index (κ2) is 6.61. The van der Waals surface area contributed by atoms with Gasteiger partial charge < -0.3 is 20.1 Å². The molecule has 110 valence electrons. The summed E-state index contributed by atoms with van der Waals surface area (Å²) < 4.78 is 10.5. The van der Waals surface area contributed by atoms with Crippen molar-refractivity contribution in [1.82, 2.24) is 10.6 Å². The first-order valence-electron chi connectivity index (χ1n) is 6.88. The number of hydrogen-bond donors (Lipinski definition) is 2. The number of nitrogens with one attached hydrogen (secondary N) is 2. The van der Waals surface area contributed by atoms with Gasteiger partial charge in [0, 0.05) is 12.6 Å². The second-order valence-electron chi connectivity index (χ2n) is 5.07. The van der Waals surface area contributed by atoms with Crippen molar-refractivity contribution in [3.8, 4) is 11.5 Å². The lowest BCUT2D eigenvalue weighted by Crippen LogP contribution is -2.42. The Morgan fingerprint density at radius 1 is 1.30 bits per heavy atom. The molecule has 0 saturated heterocycles. The van der Waals surface area contributed by atoms with Crippen molar-refractivity contribution in [1.29, 1.82) is 0 Å². The molecular weight excluding hydrogens is 256 g/mol. The Hall–Kier alpha value is -1.75. The Morgan fingerprint density at radius 2 is 2.00 bits per heavy atom. The first-order chi connectivity index (χ1) is 9.63. The predicted octanol–water partition coefficient (Wildman–Crippen LogP) is 1.46. The number of rotatable bonds is 7. The normalized spacial score (nSPS) is 15.6. The zero-order valence-corrected chi connectivity index (χ0v) is 12.2. The maximum Gasteiger partial charge on any atom is 0.237 e. The van der Waals surface area contributed by atoms with Crippen LogP contribution in [0.2, 0.25) is 0 Å². The molecule has 0 aliphatic heterocycles. The highest BCUT2D eigenvalue weighted by Gasteiger charge is 2.25. The van der Waals surface area contributed by atoms with E-state index in [2.05, 4.69) is 10.6 Å². The number of hydrogen-bond acceptors (Lipinski definition) is 4. The molecule has 1 fully saturated rings. The van der Waals surface area contributed by atoms with Crippen molar-refractivity contribution < 1.29 is 14.3 Å². The zero-order chi connectivity index (χ0) is 14.5. The number of carbonyl (C=O) groups is 1. The highest BCUT2D eigenvalue weighted by Crippen LogP contribution is 2.27. The maximum absolute atomic E-state index is 11.8. The molecule has 1 aliphatic rings. The average Bonchev–Trinajstić information content (AvgIpc) is 3.28. The number of ether oxygens (including phenoxy) is 2. The second-order valence-corrected chi connectivity index (χ2v) is 5.07. The van der Waals surface area contributed by atoms with Crippen molar-refractivity contribution >= 4 is 5.91 Å². The van der Waals surface area contributed by atoms with Crippen LogP contribution in [0, 0.1) is 0 Å². The van der Waals surface area contributed by atoms with Crippen LogP contribution in [0.5, 0.6) is 11.5 Å². The fourth-order valence-corrected chi connectivity index (χ4v) is 1.91. The summed E-state index contributed by atoms with van der Waals surface area (Å²) in [6.45, 7) is 2.48. The lowest BCUT2D eigenvalue weighted by atomic mass is 10.2. The number of amides is 1. The predicted molar refractivity (Wildman–Crippen MR) is 77.0 cm³/mol. The van der Waals surface area contributed by atoms with Crippen molar-refractivity contribution in [2.24, 2.45) is 0 Å². The van der Waals surface area contributed by atoms with E-state index >= 15 is 0 Å². The highest BCUT2D eigenvalue weighted by atomic mass is 16.5. The van der Waals surface area contributed by atoms with E-state index in [0.717, 1.165) is 18.4 Å². The monoisotopic (exact) mass is 278 g/mol. The summed E-state index contributed by atoms with van der Waals surface area (Å²) in [5, 5.41) is 6.20. The summed E-state index contributed by atoms with van der Waals surface area (Å²) >= 11 is 0. The largest absolute Gasteiger partial charge is 0.493 e. The molecule has 1 aromatic rings. The Labute approximate surface area is 119 Å². The van der Waals surface area contributed by atoms with Gasteiger partial charge in [-0.25, -0.2) is 0 Å². The molecule has 1 unspecified atom stereocenters. The molecule has 0 radical (unpaired) electrons. The number of benzene rings is 1. The summed E-state index contributed by atoms with van der Waals surface area (Å²) in [6.07, 6.45) is 2.21. The van der Waals surface area contributed by atoms with E-state index in [4.69, 9.17) is 9.47 Å². The van der Waals surface area contributed by atoms with Crippen molar-refractivity contribution in [3.05, 3.63) is 23.8 Å². The molecule has 1 saturated carbocycles. The van der Waals surface area contributed by atoms with E-state index in [1.165, 1.54) is 0 Å². The summed E-state index contributed by atoms with van der Waals surface area (Å²) in [5.41, 5.74) is 1.05. The topological polar surface area (TPSA) is 59.6 Å². The minimum atomic E-state index is -0.205. The highest BCUT2D eigenvalue weighted by molar-refractivity contribution is 5.81. The molecule has 0 heterocycles. The standard InChI is InChI=1S/C15H22N2O3/c1-10(15(18)17-12-5-6-12)16-9-11-4-7-13(19-2)14(8-11)20-3/h4,7-8,10,12,16H,5-6,9H2,1-3H3,(H,17,18). The average molecular weight is 278 g/mol. The quantitative estimate of drug-likeness (QED) is 0.793. The van der Waals surface area contributed by atoms with Crippen LogP contribution in [0.25, 0.3) is 0 Å². The van der Waals surface area contributed by atoms with Crippen LogP contribution < -0.4 is 20.1 Å². The Balaban J connectivity index is 1.87. The van der Waals surface area contributed by atoms with E-state index in [9.17, 15) is 4.79 Å². The van der Waals surface area contributed by atoms with Gasteiger partial charge in [0.15, 0.2) is 11.5 Å². The van der Waals surface area contributed by atoms with Gasteiger partial charge in [-0.1, -0.05) is 6.07 Å².